The van der Waals surface area contributed by atoms with Crippen molar-refractivity contribution in [1.29, 1.82) is 0 Å². The van der Waals surface area contributed by atoms with Crippen molar-refractivity contribution < 1.29 is 9.53 Å². The zero-order chi connectivity index (χ0) is 25.1. The number of amides is 1. The number of hydrogen-bond acceptors (Lipinski definition) is 8. The van der Waals surface area contributed by atoms with Crippen LogP contribution in [0.4, 0.5) is 17.1 Å². The summed E-state index contributed by atoms with van der Waals surface area (Å²) >= 11 is 1.69. The van der Waals surface area contributed by atoms with Crippen LogP contribution in [0.25, 0.3) is 5.70 Å². The first-order chi connectivity index (χ1) is 17.6. The number of ether oxygens (including phenoxy) is 1. The van der Waals surface area contributed by atoms with E-state index in [1.165, 1.54) is 11.0 Å². The molecule has 1 unspecified atom stereocenters. The molecule has 36 heavy (non-hydrogen) atoms. The topological polar surface area (TPSA) is 81.2 Å². The number of nitrogens with zero attached hydrogens (tertiary/aromatic N) is 3. The molecule has 9 heteroatoms. The molecule has 1 fully saturated rings. The van der Waals surface area contributed by atoms with Crippen molar-refractivity contribution in [2.24, 2.45) is 4.99 Å². The van der Waals surface area contributed by atoms with E-state index in [4.69, 9.17) is 9.73 Å². The number of hydrogen-bond donors (Lipinski definition) is 3. The van der Waals surface area contributed by atoms with Crippen LogP contribution in [0.2, 0.25) is 0 Å². The second-order valence-corrected chi connectivity index (χ2v) is 9.73. The first kappa shape index (κ1) is 24.0. The number of rotatable bonds is 6. The maximum atomic E-state index is 12.3. The highest BCUT2D eigenvalue weighted by Gasteiger charge is 2.28. The molecule has 1 atom stereocenters. The normalized spacial score (nSPS) is 19.3. The fraction of sp³-hybridized carbons (Fsp3) is 0.259. The summed E-state index contributed by atoms with van der Waals surface area (Å²) in [5.41, 5.74) is 4.31. The lowest BCUT2D eigenvalue weighted by atomic mass is 10.1. The summed E-state index contributed by atoms with van der Waals surface area (Å²) < 4.78 is 5.78. The van der Waals surface area contributed by atoms with Crippen LogP contribution in [0.3, 0.4) is 0 Å². The van der Waals surface area contributed by atoms with Gasteiger partial charge in [0.05, 0.1) is 35.9 Å². The molecule has 0 aromatic heterocycles. The van der Waals surface area contributed by atoms with E-state index < -0.39 is 0 Å². The molecule has 186 valence electrons. The van der Waals surface area contributed by atoms with Gasteiger partial charge in [-0.3, -0.25) is 4.79 Å². The van der Waals surface area contributed by atoms with Gasteiger partial charge < -0.3 is 30.5 Å². The summed E-state index contributed by atoms with van der Waals surface area (Å²) in [6.07, 6.45) is 3.41. The van der Waals surface area contributed by atoms with Gasteiger partial charge in [0.25, 0.3) is 0 Å². The monoisotopic (exact) mass is 502 g/mol. The van der Waals surface area contributed by atoms with E-state index in [1.807, 2.05) is 30.3 Å². The van der Waals surface area contributed by atoms with Crippen molar-refractivity contribution in [2.75, 3.05) is 55.9 Å². The minimum absolute atomic E-state index is 0.0424. The van der Waals surface area contributed by atoms with Crippen molar-refractivity contribution in [2.45, 2.75) is 6.04 Å². The van der Waals surface area contributed by atoms with Gasteiger partial charge >= 0.3 is 0 Å². The summed E-state index contributed by atoms with van der Waals surface area (Å²) in [6, 6.07) is 14.1. The number of aliphatic imine (C=N–C) groups is 1. The Balaban J connectivity index is 1.50. The van der Waals surface area contributed by atoms with Gasteiger partial charge in [0, 0.05) is 42.7 Å². The maximum absolute atomic E-state index is 12.3. The highest BCUT2D eigenvalue weighted by Crippen LogP contribution is 2.40. The Hall–Kier alpha value is -3.69. The number of thioether (sulfide) groups is 1. The van der Waals surface area contributed by atoms with Crippen LogP contribution in [-0.2, 0) is 4.79 Å². The highest BCUT2D eigenvalue weighted by molar-refractivity contribution is 8.06. The Morgan fingerprint density at radius 3 is 2.69 bits per heavy atom. The molecule has 3 aliphatic heterocycles. The lowest BCUT2D eigenvalue weighted by Crippen LogP contribution is -2.44. The summed E-state index contributed by atoms with van der Waals surface area (Å²) in [6.45, 7) is 7.22. The number of carbonyl (C=O) groups is 1. The van der Waals surface area contributed by atoms with Crippen LogP contribution in [0, 0.1) is 0 Å². The van der Waals surface area contributed by atoms with Crippen molar-refractivity contribution in [3.05, 3.63) is 77.1 Å². The summed E-state index contributed by atoms with van der Waals surface area (Å²) in [5, 5.41) is 11.9. The highest BCUT2D eigenvalue weighted by atomic mass is 32.2. The van der Waals surface area contributed by atoms with Crippen molar-refractivity contribution >= 4 is 46.4 Å². The molecule has 3 aliphatic rings. The number of fused-ring (bicyclic) bond motifs is 1. The fourth-order valence-electron chi connectivity index (χ4n) is 4.44. The standard InChI is InChI=1S/C27H30N6O2S/c1-4-24(34)28-20-16-21(23(35-3)17-22(20)33-13-11-32(2)12-14-33)30-27-29-19-10-15-36-26(19)25(31-27)18-8-6-5-7-9-18/h4-10,15-17,19H,1,11-14H2,2-3H3,(H,28,34)(H2,29,30,31). The first-order valence-corrected chi connectivity index (χ1v) is 12.8. The summed E-state index contributed by atoms with van der Waals surface area (Å²) in [4.78, 5) is 23.0. The van der Waals surface area contributed by atoms with Gasteiger partial charge in [-0.25, -0.2) is 4.99 Å². The molecule has 0 radical (unpaired) electrons. The molecule has 3 N–H and O–H groups in total. The van der Waals surface area contributed by atoms with Crippen molar-refractivity contribution in [1.82, 2.24) is 10.2 Å². The molecule has 5 rings (SSSR count). The van der Waals surface area contributed by atoms with E-state index in [0.29, 0.717) is 23.1 Å². The molecule has 8 nitrogen and oxygen atoms in total. The van der Waals surface area contributed by atoms with Gasteiger partial charge in [-0.1, -0.05) is 54.7 Å². The van der Waals surface area contributed by atoms with E-state index >= 15 is 0 Å². The number of nitrogens with one attached hydrogen (secondary N) is 3. The van der Waals surface area contributed by atoms with Crippen molar-refractivity contribution in [3.63, 3.8) is 0 Å². The van der Waals surface area contributed by atoms with Crippen LogP contribution < -0.4 is 25.6 Å². The molecule has 1 amide bonds. The average molecular weight is 503 g/mol. The number of methoxy groups -OCH3 is 1. The van der Waals surface area contributed by atoms with Crippen LogP contribution in [-0.4, -0.2) is 63.1 Å². The molecular weight excluding hydrogens is 472 g/mol. The third-order valence-corrected chi connectivity index (χ3v) is 7.40. The number of likely N-dealkylation sites (N-methyl/N-ethyl adjacent to an activating group) is 1. The quantitative estimate of drug-likeness (QED) is 0.516. The lowest BCUT2D eigenvalue weighted by molar-refractivity contribution is -0.111. The molecule has 1 saturated heterocycles. The predicted octanol–water partition coefficient (Wildman–Crippen LogP) is 3.94. The first-order valence-electron chi connectivity index (χ1n) is 11.9. The fourth-order valence-corrected chi connectivity index (χ4v) is 5.38. The number of anilines is 3. The van der Waals surface area contributed by atoms with Crippen molar-refractivity contribution in [3.8, 4) is 5.75 Å². The number of piperazine rings is 1. The summed E-state index contributed by atoms with van der Waals surface area (Å²) in [5.74, 6) is 1.01. The van der Waals surface area contributed by atoms with E-state index in [0.717, 1.165) is 43.1 Å². The van der Waals surface area contributed by atoms with Crippen LogP contribution in [0.15, 0.2) is 76.5 Å². The smallest absolute Gasteiger partial charge is 0.247 e. The molecule has 0 aliphatic carbocycles. The molecule has 2 aromatic carbocycles. The van der Waals surface area contributed by atoms with E-state index in [-0.39, 0.29) is 11.9 Å². The minimum Gasteiger partial charge on any atom is -0.494 e. The third kappa shape index (κ3) is 4.98. The van der Waals surface area contributed by atoms with Gasteiger partial charge in [-0.05, 0) is 24.6 Å². The SMILES string of the molecule is C=CC(=O)Nc1cc(NC2=NC(c3ccccc3)=C3SC=CC3N2)c(OC)cc1N1CCN(C)CC1. The predicted molar refractivity (Wildman–Crippen MR) is 150 cm³/mol. The van der Waals surface area contributed by atoms with Gasteiger partial charge in [-0.15, -0.1) is 0 Å². The Labute approximate surface area is 215 Å². The van der Waals surface area contributed by atoms with Gasteiger partial charge in [0.2, 0.25) is 11.9 Å². The second kappa shape index (κ2) is 10.5. The maximum Gasteiger partial charge on any atom is 0.247 e. The van der Waals surface area contributed by atoms with E-state index in [1.54, 1.807) is 18.9 Å². The zero-order valence-electron chi connectivity index (χ0n) is 20.5. The second-order valence-electron chi connectivity index (χ2n) is 8.79. The van der Waals surface area contributed by atoms with Gasteiger partial charge in [0.1, 0.15) is 5.75 Å². The Bertz CT molecular complexity index is 1250. The number of benzene rings is 2. The minimum atomic E-state index is -0.262. The van der Waals surface area contributed by atoms with Gasteiger partial charge in [-0.2, -0.15) is 0 Å². The average Bonchev–Trinajstić information content (AvgIpc) is 3.38. The Kier molecular flexibility index (Phi) is 7.02. The molecule has 0 bridgehead atoms. The third-order valence-electron chi connectivity index (χ3n) is 6.40. The van der Waals surface area contributed by atoms with E-state index in [9.17, 15) is 4.79 Å². The Morgan fingerprint density at radius 2 is 1.97 bits per heavy atom. The van der Waals surface area contributed by atoms with Crippen LogP contribution >= 0.6 is 11.8 Å². The molecular formula is C27H30N6O2S. The molecule has 2 aromatic rings. The van der Waals surface area contributed by atoms with Crippen LogP contribution in [0.5, 0.6) is 5.75 Å². The largest absolute Gasteiger partial charge is 0.494 e. The van der Waals surface area contributed by atoms with E-state index in [2.05, 4.69) is 63.0 Å². The molecule has 0 saturated carbocycles. The molecule has 3 heterocycles. The summed E-state index contributed by atoms with van der Waals surface area (Å²) in [7, 11) is 3.76. The van der Waals surface area contributed by atoms with Crippen LogP contribution in [0.1, 0.15) is 5.56 Å². The van der Waals surface area contributed by atoms with Gasteiger partial charge in [0.15, 0.2) is 0 Å². The lowest BCUT2D eigenvalue weighted by Gasteiger charge is -2.35. The number of carbonyl (C=O) groups excluding carboxylic acids is 1. The Morgan fingerprint density at radius 1 is 1.19 bits per heavy atom. The molecule has 0 spiro atoms. The zero-order valence-corrected chi connectivity index (χ0v) is 21.3. The number of guanidine groups is 1.